The summed E-state index contributed by atoms with van der Waals surface area (Å²) < 4.78 is 19.1. The van der Waals surface area contributed by atoms with Gasteiger partial charge in [-0.1, -0.05) is 11.6 Å². The van der Waals surface area contributed by atoms with Crippen molar-refractivity contribution < 1.29 is 8.81 Å². The second-order valence-corrected chi connectivity index (χ2v) is 5.48. The van der Waals surface area contributed by atoms with Crippen LogP contribution in [0.4, 0.5) is 4.39 Å². The zero-order valence-electron chi connectivity index (χ0n) is 11.8. The predicted molar refractivity (Wildman–Crippen MR) is 79.1 cm³/mol. The Balaban J connectivity index is 1.84. The van der Waals surface area contributed by atoms with Gasteiger partial charge in [0.1, 0.15) is 17.2 Å². The maximum Gasteiger partial charge on any atom is 0.134 e. The lowest BCUT2D eigenvalue weighted by Crippen LogP contribution is -2.16. The molecule has 20 heavy (non-hydrogen) atoms. The van der Waals surface area contributed by atoms with Crippen molar-refractivity contribution in [2.45, 2.75) is 38.1 Å². The summed E-state index contributed by atoms with van der Waals surface area (Å²) in [5.74, 6) is 0.667. The molecule has 0 amide bonds. The highest BCUT2D eigenvalue weighted by Crippen LogP contribution is 2.31. The molecule has 3 rings (SSSR count). The topological polar surface area (TPSA) is 25.2 Å². The summed E-state index contributed by atoms with van der Waals surface area (Å²) in [4.78, 5) is 0. The molecule has 0 fully saturated rings. The van der Waals surface area contributed by atoms with Gasteiger partial charge in [0.25, 0.3) is 0 Å². The van der Waals surface area contributed by atoms with Crippen LogP contribution in [-0.4, -0.2) is 7.05 Å². The number of halogens is 1. The first-order chi connectivity index (χ1) is 9.76. The lowest BCUT2D eigenvalue weighted by Gasteiger charge is -2.18. The van der Waals surface area contributed by atoms with Crippen molar-refractivity contribution in [2.75, 3.05) is 7.05 Å². The number of hydrogen-bond acceptors (Lipinski definition) is 2. The van der Waals surface area contributed by atoms with E-state index in [1.165, 1.54) is 43.4 Å². The summed E-state index contributed by atoms with van der Waals surface area (Å²) >= 11 is 0. The molecule has 0 bridgehead atoms. The van der Waals surface area contributed by atoms with Crippen molar-refractivity contribution in [2.24, 2.45) is 0 Å². The highest BCUT2D eigenvalue weighted by atomic mass is 19.1. The number of hydrogen-bond donors (Lipinski definition) is 1. The highest BCUT2D eigenvalue weighted by Gasteiger charge is 2.17. The van der Waals surface area contributed by atoms with Crippen molar-refractivity contribution in [3.63, 3.8) is 0 Å². The minimum absolute atomic E-state index is 0.162. The second-order valence-electron chi connectivity index (χ2n) is 5.48. The molecule has 0 saturated heterocycles. The van der Waals surface area contributed by atoms with Crippen molar-refractivity contribution in [1.82, 2.24) is 5.32 Å². The average Bonchev–Trinajstić information content (AvgIpc) is 2.88. The molecule has 3 heteroatoms. The zero-order chi connectivity index (χ0) is 13.9. The molecule has 106 valence electrons. The van der Waals surface area contributed by atoms with E-state index in [0.717, 1.165) is 23.2 Å². The van der Waals surface area contributed by atoms with Crippen LogP contribution in [0.25, 0.3) is 11.0 Å². The van der Waals surface area contributed by atoms with E-state index < -0.39 is 0 Å². The van der Waals surface area contributed by atoms with Gasteiger partial charge in [0.2, 0.25) is 0 Å². The van der Waals surface area contributed by atoms with Gasteiger partial charge < -0.3 is 9.73 Å². The first-order valence-electron chi connectivity index (χ1n) is 7.30. The van der Waals surface area contributed by atoms with E-state index >= 15 is 0 Å². The quantitative estimate of drug-likeness (QED) is 0.815. The Bertz CT molecular complexity index is 629. The van der Waals surface area contributed by atoms with Gasteiger partial charge in [0.05, 0.1) is 6.04 Å². The molecule has 0 saturated carbocycles. The number of fused-ring (bicyclic) bond motifs is 1. The van der Waals surface area contributed by atoms with Crippen LogP contribution in [0, 0.1) is 5.82 Å². The van der Waals surface area contributed by atoms with E-state index in [-0.39, 0.29) is 11.9 Å². The predicted octanol–water partition coefficient (Wildman–Crippen LogP) is 4.72. The smallest absolute Gasteiger partial charge is 0.134 e. The number of benzene rings is 1. The third kappa shape index (κ3) is 2.78. The summed E-state index contributed by atoms with van der Waals surface area (Å²) in [6, 6.07) is 6.77. The lowest BCUT2D eigenvalue weighted by molar-refractivity contribution is 0.443. The number of rotatable bonds is 4. The Morgan fingerprint density at radius 1 is 1.30 bits per heavy atom. The summed E-state index contributed by atoms with van der Waals surface area (Å²) in [5.41, 5.74) is 2.25. The van der Waals surface area contributed by atoms with Crippen LogP contribution in [-0.2, 0) is 0 Å². The van der Waals surface area contributed by atoms with Crippen LogP contribution in [0.1, 0.15) is 43.9 Å². The van der Waals surface area contributed by atoms with Gasteiger partial charge in [-0.2, -0.15) is 0 Å². The van der Waals surface area contributed by atoms with Crippen LogP contribution in [0.5, 0.6) is 0 Å². The molecule has 1 aromatic heterocycles. The summed E-state index contributed by atoms with van der Waals surface area (Å²) in [7, 11) is 1.95. The van der Waals surface area contributed by atoms with Crippen molar-refractivity contribution >= 4 is 11.0 Å². The Labute approximate surface area is 118 Å². The molecule has 1 heterocycles. The zero-order valence-corrected chi connectivity index (χ0v) is 11.8. The number of nitrogens with one attached hydrogen (secondary N) is 1. The van der Waals surface area contributed by atoms with Gasteiger partial charge in [-0.25, -0.2) is 4.39 Å². The van der Waals surface area contributed by atoms with Crippen LogP contribution < -0.4 is 5.32 Å². The van der Waals surface area contributed by atoms with Gasteiger partial charge in [-0.3, -0.25) is 0 Å². The minimum Gasteiger partial charge on any atom is -0.459 e. The summed E-state index contributed by atoms with van der Waals surface area (Å²) in [6.45, 7) is 0. The van der Waals surface area contributed by atoms with E-state index in [1.54, 1.807) is 6.07 Å². The van der Waals surface area contributed by atoms with E-state index in [1.807, 2.05) is 13.1 Å². The molecule has 0 aliphatic heterocycles. The lowest BCUT2D eigenvalue weighted by atomic mass is 9.93. The van der Waals surface area contributed by atoms with E-state index in [0.29, 0.717) is 0 Å². The first kappa shape index (κ1) is 13.4. The average molecular weight is 273 g/mol. The third-order valence-corrected chi connectivity index (χ3v) is 4.04. The maximum atomic E-state index is 13.2. The van der Waals surface area contributed by atoms with Crippen molar-refractivity contribution in [3.05, 3.63) is 47.5 Å². The third-order valence-electron chi connectivity index (χ3n) is 4.04. The molecule has 1 N–H and O–H groups in total. The van der Waals surface area contributed by atoms with E-state index in [9.17, 15) is 4.39 Å². The Kier molecular flexibility index (Phi) is 3.88. The van der Waals surface area contributed by atoms with Crippen LogP contribution in [0.3, 0.4) is 0 Å². The van der Waals surface area contributed by atoms with Crippen LogP contribution in [0.2, 0.25) is 0 Å². The number of allylic oxidation sites excluding steroid dienone is 1. The Hall–Kier alpha value is -1.61. The molecular formula is C17H20FNO. The van der Waals surface area contributed by atoms with Crippen LogP contribution >= 0.6 is 0 Å². The molecule has 1 aliphatic rings. The van der Waals surface area contributed by atoms with Gasteiger partial charge in [0.15, 0.2) is 0 Å². The highest BCUT2D eigenvalue weighted by molar-refractivity contribution is 5.78. The molecule has 1 aliphatic carbocycles. The Morgan fingerprint density at radius 3 is 2.95 bits per heavy atom. The Morgan fingerprint density at radius 2 is 2.20 bits per heavy atom. The molecule has 1 aromatic carbocycles. The van der Waals surface area contributed by atoms with Gasteiger partial charge in [-0.15, -0.1) is 0 Å². The van der Waals surface area contributed by atoms with E-state index in [2.05, 4.69) is 11.4 Å². The monoisotopic (exact) mass is 273 g/mol. The molecule has 1 unspecified atom stereocenters. The largest absolute Gasteiger partial charge is 0.459 e. The fourth-order valence-corrected chi connectivity index (χ4v) is 2.90. The molecule has 2 aromatic rings. The standard InChI is InChI=1S/C17H20FNO/c1-19-15(9-12-5-3-2-4-6-12)17-11-13-10-14(18)7-8-16(13)20-17/h5,7-8,10-11,15,19H,2-4,6,9H2,1H3. The van der Waals surface area contributed by atoms with Crippen molar-refractivity contribution in [1.29, 1.82) is 0 Å². The minimum atomic E-state index is -0.221. The fraction of sp³-hybridized carbons (Fsp3) is 0.412. The molecule has 1 atom stereocenters. The summed E-state index contributed by atoms with van der Waals surface area (Å²) in [6.07, 6.45) is 8.30. The van der Waals surface area contributed by atoms with Crippen molar-refractivity contribution in [3.8, 4) is 0 Å². The van der Waals surface area contributed by atoms with E-state index in [4.69, 9.17) is 4.42 Å². The second kappa shape index (κ2) is 5.80. The summed E-state index contributed by atoms with van der Waals surface area (Å²) in [5, 5.41) is 4.14. The molecule has 2 nitrogen and oxygen atoms in total. The van der Waals surface area contributed by atoms with Gasteiger partial charge in [-0.05, 0) is 63.4 Å². The molecule has 0 radical (unpaired) electrons. The maximum absolute atomic E-state index is 13.2. The first-order valence-corrected chi connectivity index (χ1v) is 7.30. The van der Waals surface area contributed by atoms with Gasteiger partial charge >= 0.3 is 0 Å². The molecule has 0 spiro atoms. The van der Waals surface area contributed by atoms with Crippen LogP contribution in [0.15, 0.2) is 40.3 Å². The normalized spacial score (nSPS) is 17.2. The fourth-order valence-electron chi connectivity index (χ4n) is 2.90. The van der Waals surface area contributed by atoms with Gasteiger partial charge in [0, 0.05) is 5.39 Å². The SMILES string of the molecule is CNC(CC1=CCCCC1)c1cc2cc(F)ccc2o1. The number of furan rings is 1. The molecular weight excluding hydrogens is 253 g/mol.